The number of aromatic nitrogens is 3. The van der Waals surface area contributed by atoms with Gasteiger partial charge in [0.2, 0.25) is 15.9 Å². The molecule has 2 rings (SSSR count). The third-order valence-corrected chi connectivity index (χ3v) is 4.14. The van der Waals surface area contributed by atoms with Gasteiger partial charge in [0, 0.05) is 38.8 Å². The second kappa shape index (κ2) is 6.64. The van der Waals surface area contributed by atoms with E-state index >= 15 is 0 Å². The minimum absolute atomic E-state index is 0.121. The van der Waals surface area contributed by atoms with Gasteiger partial charge in [0.25, 0.3) is 0 Å². The summed E-state index contributed by atoms with van der Waals surface area (Å²) in [6.07, 6.45) is 3.21. The highest BCUT2D eigenvalue weighted by Crippen LogP contribution is 2.18. The van der Waals surface area contributed by atoms with Crippen molar-refractivity contribution in [2.45, 2.75) is 25.2 Å². The molecule has 8 nitrogen and oxygen atoms in total. The molecular weight excluding hydrogens is 294 g/mol. The predicted molar refractivity (Wildman–Crippen MR) is 76.3 cm³/mol. The van der Waals surface area contributed by atoms with Crippen molar-refractivity contribution in [1.29, 1.82) is 0 Å². The Balaban J connectivity index is 2.04. The fraction of sp³-hybridized carbons (Fsp3) is 0.417. The lowest BCUT2D eigenvalue weighted by atomic mass is 10.4. The predicted octanol–water partition coefficient (Wildman–Crippen LogP) is 0.726. The van der Waals surface area contributed by atoms with E-state index in [0.29, 0.717) is 30.4 Å². The number of rotatable bonds is 7. The molecule has 0 saturated heterocycles. The van der Waals surface area contributed by atoms with E-state index in [2.05, 4.69) is 25.2 Å². The molecule has 0 aliphatic carbocycles. The molecule has 0 fully saturated rings. The summed E-state index contributed by atoms with van der Waals surface area (Å²) < 4.78 is 31.9. The summed E-state index contributed by atoms with van der Waals surface area (Å²) in [4.78, 5) is 8.00. The van der Waals surface area contributed by atoms with Crippen LogP contribution in [0.15, 0.2) is 27.9 Å². The summed E-state index contributed by atoms with van der Waals surface area (Å²) in [5.74, 6) is 0.919. The van der Waals surface area contributed by atoms with Crippen molar-refractivity contribution in [3.05, 3.63) is 30.2 Å². The minimum atomic E-state index is -3.64. The zero-order chi connectivity index (χ0) is 15.3. The number of aryl methyl sites for hydroxylation is 1. The van der Waals surface area contributed by atoms with Crippen molar-refractivity contribution < 1.29 is 12.9 Å². The minimum Gasteiger partial charge on any atom is -0.384 e. The standard InChI is InChI=1S/C12H17N5O3S/c1-3-14-10-4-6-13-8-11(10)21(18,19)15-7-5-12-16-9(2)20-17-12/h4,6,8,15H,3,5,7H2,1-2H3,(H,13,14). The molecule has 0 amide bonds. The van der Waals surface area contributed by atoms with Crippen LogP contribution in [0.4, 0.5) is 5.69 Å². The molecule has 0 bridgehead atoms. The van der Waals surface area contributed by atoms with Gasteiger partial charge in [0.15, 0.2) is 5.82 Å². The largest absolute Gasteiger partial charge is 0.384 e. The van der Waals surface area contributed by atoms with Gasteiger partial charge < -0.3 is 9.84 Å². The molecule has 0 unspecified atom stereocenters. The molecule has 0 aliphatic heterocycles. The molecule has 2 aromatic rings. The van der Waals surface area contributed by atoms with Crippen LogP contribution in [-0.4, -0.2) is 36.6 Å². The lowest BCUT2D eigenvalue weighted by Gasteiger charge is -2.11. The smallest absolute Gasteiger partial charge is 0.244 e. The Morgan fingerprint density at radius 1 is 1.38 bits per heavy atom. The van der Waals surface area contributed by atoms with E-state index in [1.165, 1.54) is 6.20 Å². The van der Waals surface area contributed by atoms with E-state index in [-0.39, 0.29) is 11.4 Å². The van der Waals surface area contributed by atoms with Crippen LogP contribution >= 0.6 is 0 Å². The highest BCUT2D eigenvalue weighted by molar-refractivity contribution is 7.89. The van der Waals surface area contributed by atoms with Gasteiger partial charge in [-0.25, -0.2) is 13.1 Å². The van der Waals surface area contributed by atoms with Gasteiger partial charge in [-0.1, -0.05) is 5.16 Å². The highest BCUT2D eigenvalue weighted by Gasteiger charge is 2.18. The summed E-state index contributed by atoms with van der Waals surface area (Å²) in [5, 5.41) is 6.70. The zero-order valence-corrected chi connectivity index (χ0v) is 12.6. The maximum atomic E-state index is 12.3. The van der Waals surface area contributed by atoms with Crippen molar-refractivity contribution in [3.63, 3.8) is 0 Å². The molecule has 0 aromatic carbocycles. The van der Waals surface area contributed by atoms with E-state index in [0.717, 1.165) is 0 Å². The van der Waals surface area contributed by atoms with Gasteiger partial charge >= 0.3 is 0 Å². The molecular formula is C12H17N5O3S. The van der Waals surface area contributed by atoms with E-state index in [9.17, 15) is 8.42 Å². The number of hydrogen-bond donors (Lipinski definition) is 2. The Morgan fingerprint density at radius 2 is 2.19 bits per heavy atom. The van der Waals surface area contributed by atoms with Gasteiger partial charge in [-0.15, -0.1) is 0 Å². The van der Waals surface area contributed by atoms with Gasteiger partial charge in [0.05, 0.1) is 5.69 Å². The topological polar surface area (TPSA) is 110 Å². The Morgan fingerprint density at radius 3 is 2.86 bits per heavy atom. The van der Waals surface area contributed by atoms with Gasteiger partial charge in [-0.2, -0.15) is 4.98 Å². The molecule has 114 valence electrons. The fourth-order valence-electron chi connectivity index (χ4n) is 1.75. The third kappa shape index (κ3) is 3.99. The third-order valence-electron chi connectivity index (χ3n) is 2.65. The Bertz CT molecular complexity index is 698. The molecule has 0 radical (unpaired) electrons. The summed E-state index contributed by atoms with van der Waals surface area (Å²) in [6, 6.07) is 1.63. The molecule has 0 saturated carbocycles. The van der Waals surface area contributed by atoms with Crippen LogP contribution < -0.4 is 10.0 Å². The van der Waals surface area contributed by atoms with Crippen LogP contribution in [0.25, 0.3) is 0 Å². The summed E-state index contributed by atoms with van der Waals surface area (Å²) in [5.41, 5.74) is 0.524. The lowest BCUT2D eigenvalue weighted by molar-refractivity contribution is 0.387. The van der Waals surface area contributed by atoms with Crippen LogP contribution in [0.2, 0.25) is 0 Å². The second-order valence-corrected chi connectivity index (χ2v) is 6.01. The lowest BCUT2D eigenvalue weighted by Crippen LogP contribution is -2.27. The van der Waals surface area contributed by atoms with Crippen molar-refractivity contribution in [2.75, 3.05) is 18.4 Å². The van der Waals surface area contributed by atoms with Crippen LogP contribution in [-0.2, 0) is 16.4 Å². The fourth-order valence-corrected chi connectivity index (χ4v) is 2.90. The number of sulfonamides is 1. The maximum Gasteiger partial charge on any atom is 0.244 e. The highest BCUT2D eigenvalue weighted by atomic mass is 32.2. The first-order valence-electron chi connectivity index (χ1n) is 6.49. The van der Waals surface area contributed by atoms with Crippen LogP contribution in [0, 0.1) is 6.92 Å². The summed E-state index contributed by atoms with van der Waals surface area (Å²) >= 11 is 0. The van der Waals surface area contributed by atoms with E-state index in [4.69, 9.17) is 4.52 Å². The molecule has 2 heterocycles. The first-order chi connectivity index (χ1) is 10.0. The SMILES string of the molecule is CCNc1ccncc1S(=O)(=O)NCCc1noc(C)n1. The van der Waals surface area contributed by atoms with Gasteiger partial charge in [-0.3, -0.25) is 4.98 Å². The van der Waals surface area contributed by atoms with Crippen molar-refractivity contribution in [1.82, 2.24) is 19.8 Å². The molecule has 2 N–H and O–H groups in total. The van der Waals surface area contributed by atoms with Crippen LogP contribution in [0.3, 0.4) is 0 Å². The molecule has 0 spiro atoms. The molecule has 0 atom stereocenters. The second-order valence-electron chi connectivity index (χ2n) is 4.28. The Hall–Kier alpha value is -2.00. The quantitative estimate of drug-likeness (QED) is 0.775. The average molecular weight is 311 g/mol. The van der Waals surface area contributed by atoms with Crippen molar-refractivity contribution in [2.24, 2.45) is 0 Å². The van der Waals surface area contributed by atoms with E-state index < -0.39 is 10.0 Å². The maximum absolute atomic E-state index is 12.3. The summed E-state index contributed by atoms with van der Waals surface area (Å²) in [6.45, 7) is 4.37. The van der Waals surface area contributed by atoms with Crippen molar-refractivity contribution >= 4 is 15.7 Å². The monoisotopic (exact) mass is 311 g/mol. The molecule has 9 heteroatoms. The number of nitrogens with one attached hydrogen (secondary N) is 2. The molecule has 2 aromatic heterocycles. The zero-order valence-electron chi connectivity index (χ0n) is 11.8. The van der Waals surface area contributed by atoms with E-state index in [1.807, 2.05) is 6.92 Å². The van der Waals surface area contributed by atoms with Crippen molar-refractivity contribution in [3.8, 4) is 0 Å². The summed E-state index contributed by atoms with van der Waals surface area (Å²) in [7, 11) is -3.64. The number of pyridine rings is 1. The number of anilines is 1. The van der Waals surface area contributed by atoms with Gasteiger partial charge in [-0.05, 0) is 13.0 Å². The van der Waals surface area contributed by atoms with Gasteiger partial charge in [0.1, 0.15) is 4.90 Å². The van der Waals surface area contributed by atoms with Crippen LogP contribution in [0.5, 0.6) is 0 Å². The normalized spacial score (nSPS) is 11.5. The first-order valence-corrected chi connectivity index (χ1v) is 7.98. The Labute approximate surface area is 123 Å². The first kappa shape index (κ1) is 15.4. The number of hydrogen-bond acceptors (Lipinski definition) is 7. The average Bonchev–Trinajstić information content (AvgIpc) is 2.85. The molecule has 21 heavy (non-hydrogen) atoms. The van der Waals surface area contributed by atoms with Crippen LogP contribution in [0.1, 0.15) is 18.6 Å². The van der Waals surface area contributed by atoms with E-state index in [1.54, 1.807) is 19.2 Å². The Kier molecular flexibility index (Phi) is 4.86. The number of nitrogens with zero attached hydrogens (tertiary/aromatic N) is 3. The molecule has 0 aliphatic rings.